The van der Waals surface area contributed by atoms with Crippen molar-refractivity contribution in [3.8, 4) is 56.3 Å². The van der Waals surface area contributed by atoms with Gasteiger partial charge in [-0.2, -0.15) is 9.13 Å². The van der Waals surface area contributed by atoms with E-state index in [1.807, 2.05) is 60.5 Å². The molecule has 0 amide bonds. The maximum Gasteiger partial charge on any atom is 0.215 e. The predicted molar refractivity (Wildman–Crippen MR) is 336 cm³/mol. The van der Waals surface area contributed by atoms with Crippen LogP contribution in [0.5, 0.6) is 0 Å². The molecule has 0 unspecified atom stereocenters. The van der Waals surface area contributed by atoms with Gasteiger partial charge in [-0.3, -0.25) is 0 Å². The van der Waals surface area contributed by atoms with Crippen LogP contribution in [0.25, 0.3) is 56.3 Å². The molecule has 0 N–H and O–H groups in total. The molecule has 0 radical (unpaired) electrons. The van der Waals surface area contributed by atoms with E-state index < -0.39 is 13.7 Å². The van der Waals surface area contributed by atoms with Crippen molar-refractivity contribution in [1.29, 1.82) is 0 Å². The number of benzene rings is 5. The molecule has 80 heavy (non-hydrogen) atoms. The standard InChI is InChI=1S/5C15H18N/c2*1-11-8-9-14(16(4)10-11)15-12(2)6-5-7-13(15)3;1-11-9-13(3)15(16(4)10-11)14-8-6-5-7-12(14)2;2*1-11-9-10-15(16(4)13(11)3)14-8-6-5-7-12(14)2/h5*5-10H,1-4H3/q5*+1/i1D3;;;1D3;. The second kappa shape index (κ2) is 27.6. The molecule has 0 aliphatic rings. The Kier molecular flexibility index (Phi) is 18.1. The minimum atomic E-state index is -2.06. The Morgan fingerprint density at radius 2 is 0.637 bits per heavy atom. The third kappa shape index (κ3) is 14.9. The van der Waals surface area contributed by atoms with Crippen LogP contribution in [0.15, 0.2) is 182 Å². The van der Waals surface area contributed by atoms with Crippen molar-refractivity contribution in [3.05, 3.63) is 266 Å². The number of aryl methyl sites for hydroxylation is 16. The van der Waals surface area contributed by atoms with Gasteiger partial charge in [0.15, 0.2) is 30.0 Å². The van der Waals surface area contributed by atoms with Gasteiger partial charge in [0, 0.05) is 96.4 Å². The van der Waals surface area contributed by atoms with Gasteiger partial charge < -0.3 is 0 Å². The van der Waals surface area contributed by atoms with Crippen molar-refractivity contribution in [2.75, 3.05) is 0 Å². The maximum atomic E-state index is 7.55. The van der Waals surface area contributed by atoms with E-state index in [2.05, 4.69) is 252 Å². The molecule has 0 bridgehead atoms. The number of hydrogen-bond donors (Lipinski definition) is 0. The first kappa shape index (κ1) is 52.5. The van der Waals surface area contributed by atoms with Gasteiger partial charge in [0.2, 0.25) is 28.5 Å². The third-order valence-corrected chi connectivity index (χ3v) is 15.3. The molecule has 0 saturated carbocycles. The minimum absolute atomic E-state index is 0.366. The lowest BCUT2D eigenvalue weighted by molar-refractivity contribution is -0.667. The smallest absolute Gasteiger partial charge is 0.201 e. The van der Waals surface area contributed by atoms with Gasteiger partial charge in [-0.1, -0.05) is 91.0 Å². The van der Waals surface area contributed by atoms with E-state index in [4.69, 9.17) is 8.22 Å². The van der Waals surface area contributed by atoms with Crippen molar-refractivity contribution in [2.45, 2.75) is 104 Å². The van der Waals surface area contributed by atoms with Crippen LogP contribution in [0.4, 0.5) is 0 Å². The summed E-state index contributed by atoms with van der Waals surface area (Å²) < 4.78 is 55.5. The summed E-state index contributed by atoms with van der Waals surface area (Å²) in [4.78, 5) is 0. The van der Waals surface area contributed by atoms with Crippen molar-refractivity contribution >= 4 is 0 Å². The van der Waals surface area contributed by atoms with E-state index in [1.165, 1.54) is 106 Å². The fourth-order valence-electron chi connectivity index (χ4n) is 10.5. The molecule has 410 valence electrons. The Balaban J connectivity index is 0.000000172. The SMILES string of the molecule is Cc1cc(C)c(-c2ccccc2C)[n+](C)c1.Cc1ccc(-c2c(C)cccc2C)[n+](C)c1.Cc1ccccc1-c1ccc(C)c(C)[n+]1C.[2H]C([2H])([2H])c1ccc(-c2c(C)cccc2C)[n+](C)c1.[2H]C([2H])([2H])c1ccc(-c2ccccc2C)[n+](C)c1C. The van der Waals surface area contributed by atoms with Gasteiger partial charge in [-0.05, 0) is 177 Å². The highest BCUT2D eigenvalue weighted by atomic mass is 15.0. The van der Waals surface area contributed by atoms with E-state index in [9.17, 15) is 0 Å². The Morgan fingerprint density at radius 3 is 1.05 bits per heavy atom. The maximum absolute atomic E-state index is 7.55. The number of aromatic nitrogens is 5. The quantitative estimate of drug-likeness (QED) is 0.153. The summed E-state index contributed by atoms with van der Waals surface area (Å²) in [5.41, 5.74) is 29.2. The molecule has 5 aromatic carbocycles. The molecule has 5 aromatic heterocycles. The second-order valence-electron chi connectivity index (χ2n) is 21.6. The number of nitrogens with zero attached hydrogens (tertiary/aromatic N) is 5. The van der Waals surface area contributed by atoms with Crippen LogP contribution in [-0.2, 0) is 35.2 Å². The van der Waals surface area contributed by atoms with Gasteiger partial charge in [0.05, 0.1) is 11.1 Å². The zero-order valence-electron chi connectivity index (χ0n) is 57.1. The van der Waals surface area contributed by atoms with Crippen molar-refractivity contribution in [1.82, 2.24) is 0 Å². The second-order valence-corrected chi connectivity index (χ2v) is 21.6. The van der Waals surface area contributed by atoms with Gasteiger partial charge in [0.25, 0.3) is 0 Å². The van der Waals surface area contributed by atoms with Crippen LogP contribution >= 0.6 is 0 Å². The largest absolute Gasteiger partial charge is 0.215 e. The van der Waals surface area contributed by atoms with Gasteiger partial charge in [0.1, 0.15) is 35.2 Å². The lowest BCUT2D eigenvalue weighted by Crippen LogP contribution is -2.35. The lowest BCUT2D eigenvalue weighted by atomic mass is 9.99. The summed E-state index contributed by atoms with van der Waals surface area (Å²) in [5, 5.41) is 0. The zero-order chi connectivity index (χ0) is 63.5. The fourth-order valence-corrected chi connectivity index (χ4v) is 10.5. The molecule has 10 aromatic rings. The normalized spacial score (nSPS) is 11.9. The molecule has 0 saturated heterocycles. The average Bonchev–Trinajstić information content (AvgIpc) is 1.84. The molecule has 0 aliphatic carbocycles. The van der Waals surface area contributed by atoms with Crippen LogP contribution in [0.3, 0.4) is 0 Å². The molecule has 10 rings (SSSR count). The van der Waals surface area contributed by atoms with E-state index in [0.29, 0.717) is 11.1 Å². The van der Waals surface area contributed by atoms with Crippen molar-refractivity contribution < 1.29 is 31.1 Å². The first-order chi connectivity index (χ1) is 40.4. The minimum Gasteiger partial charge on any atom is -0.201 e. The van der Waals surface area contributed by atoms with Crippen LogP contribution in [0, 0.1) is 104 Å². The molecule has 0 spiro atoms. The number of rotatable bonds is 5. The highest BCUT2D eigenvalue weighted by Crippen LogP contribution is 2.27. The summed E-state index contributed by atoms with van der Waals surface area (Å²) in [7, 11) is 10.1. The molecule has 0 atom stereocenters. The summed E-state index contributed by atoms with van der Waals surface area (Å²) in [6, 6.07) is 56.0. The summed E-state index contributed by atoms with van der Waals surface area (Å²) >= 11 is 0. The molecular weight excluding hydrogens is 971 g/mol. The number of hydrogen-bond acceptors (Lipinski definition) is 0. The zero-order valence-corrected chi connectivity index (χ0v) is 51.1. The van der Waals surface area contributed by atoms with E-state index in [-0.39, 0.29) is 0 Å². The van der Waals surface area contributed by atoms with Gasteiger partial charge >= 0.3 is 0 Å². The van der Waals surface area contributed by atoms with E-state index in [1.54, 1.807) is 18.3 Å². The first-order valence-corrected chi connectivity index (χ1v) is 27.6. The van der Waals surface area contributed by atoms with Crippen LogP contribution in [-0.4, -0.2) is 0 Å². The van der Waals surface area contributed by atoms with E-state index >= 15 is 0 Å². The monoisotopic (exact) mass is 1070 g/mol. The van der Waals surface area contributed by atoms with Crippen molar-refractivity contribution in [2.24, 2.45) is 35.2 Å². The highest BCUT2D eigenvalue weighted by Gasteiger charge is 2.19. The van der Waals surface area contributed by atoms with Gasteiger partial charge in [-0.25, -0.2) is 13.7 Å². The van der Waals surface area contributed by atoms with Crippen LogP contribution in [0.1, 0.15) is 91.9 Å². The highest BCUT2D eigenvalue weighted by molar-refractivity contribution is 5.67. The molecule has 0 fully saturated rings. The van der Waals surface area contributed by atoms with Crippen molar-refractivity contribution in [3.63, 3.8) is 0 Å². The van der Waals surface area contributed by atoms with Crippen LogP contribution < -0.4 is 22.8 Å². The van der Waals surface area contributed by atoms with E-state index in [0.717, 1.165) is 22.6 Å². The lowest BCUT2D eigenvalue weighted by Gasteiger charge is -2.07. The molecule has 5 nitrogen and oxygen atoms in total. The molecule has 0 aliphatic heterocycles. The first-order valence-electron chi connectivity index (χ1n) is 30.6. The Hall–Kier alpha value is -8.15. The summed E-state index contributed by atoms with van der Waals surface area (Å²) in [6.45, 7) is 23.3. The number of pyridine rings is 5. The Labute approximate surface area is 490 Å². The topological polar surface area (TPSA) is 19.4 Å². The van der Waals surface area contributed by atoms with Gasteiger partial charge in [-0.15, -0.1) is 0 Å². The summed E-state index contributed by atoms with van der Waals surface area (Å²) in [6.07, 6.45) is 6.03. The summed E-state index contributed by atoms with van der Waals surface area (Å²) in [5.74, 6) is 0. The van der Waals surface area contributed by atoms with Crippen LogP contribution in [0.2, 0.25) is 0 Å². The molecule has 5 heteroatoms. The molecular formula is C75H90N5+5. The fraction of sp³-hybridized carbons (Fsp3) is 0.267. The predicted octanol–water partition coefficient (Wildman–Crippen LogP) is 15.5. The Morgan fingerprint density at radius 1 is 0.275 bits per heavy atom. The Bertz CT molecular complexity index is 3960. The average molecular weight is 1070 g/mol. The third-order valence-electron chi connectivity index (χ3n) is 15.3. The molecule has 5 heterocycles.